The van der Waals surface area contributed by atoms with Gasteiger partial charge in [-0.05, 0) is 18.6 Å². The van der Waals surface area contributed by atoms with Crippen LogP contribution in [0.2, 0.25) is 9.88 Å². The van der Waals surface area contributed by atoms with Gasteiger partial charge in [-0.1, -0.05) is 38.0 Å². The molecule has 0 aliphatic rings. The molecule has 2 radical (unpaired) electrons. The maximum absolute atomic E-state index is 11.4. The van der Waals surface area contributed by atoms with E-state index in [0.717, 1.165) is 19.3 Å². The molecule has 2 nitrogen and oxygen atoms in total. The summed E-state index contributed by atoms with van der Waals surface area (Å²) < 4.78 is 5.09. The van der Waals surface area contributed by atoms with Crippen LogP contribution in [-0.2, 0) is 4.74 Å². The molecule has 1 rings (SSSR count). The van der Waals surface area contributed by atoms with Crippen LogP contribution in [0.4, 0.5) is 0 Å². The first-order valence-electron chi connectivity index (χ1n) is 6.06. The van der Waals surface area contributed by atoms with Crippen LogP contribution in [0.15, 0.2) is 30.3 Å². The Hall–Kier alpha value is -0.511. The summed E-state index contributed by atoms with van der Waals surface area (Å²) in [6.07, 6.45) is 3.21. The van der Waals surface area contributed by atoms with Gasteiger partial charge >= 0.3 is 37.0 Å². The normalized spacial score (nSPS) is 9.12. The number of hydrogen-bond donors (Lipinski definition) is 0. The van der Waals surface area contributed by atoms with E-state index in [0.29, 0.717) is 12.2 Å². The summed E-state index contributed by atoms with van der Waals surface area (Å²) in [4.78, 5) is 16.0. The molecule has 0 aliphatic heterocycles. The van der Waals surface area contributed by atoms with E-state index in [1.807, 2.05) is 18.2 Å². The van der Waals surface area contributed by atoms with Gasteiger partial charge in [-0.3, -0.25) is 0 Å². The zero-order valence-electron chi connectivity index (χ0n) is 11.0. The van der Waals surface area contributed by atoms with Crippen molar-refractivity contribution in [2.24, 2.45) is 0 Å². The van der Waals surface area contributed by atoms with E-state index in [4.69, 9.17) is 4.74 Å². The van der Waals surface area contributed by atoms with Crippen molar-refractivity contribution in [3.8, 4) is 0 Å². The van der Waals surface area contributed by atoms with Gasteiger partial charge in [-0.25, -0.2) is 4.79 Å². The van der Waals surface area contributed by atoms with Crippen LogP contribution in [0.1, 0.15) is 36.5 Å². The predicted octanol–water partition coefficient (Wildman–Crippen LogP) is 3.82. The molecular formula is C14H22O2Sn. The predicted molar refractivity (Wildman–Crippen MR) is 73.7 cm³/mol. The van der Waals surface area contributed by atoms with Gasteiger partial charge in [-0.15, -0.1) is 0 Å². The van der Waals surface area contributed by atoms with Gasteiger partial charge in [0, 0.05) is 0 Å². The number of benzene rings is 1. The molecule has 0 N–H and O–H groups in total. The van der Waals surface area contributed by atoms with E-state index in [1.54, 1.807) is 12.1 Å². The number of carbonyl (C=O) groups is 1. The van der Waals surface area contributed by atoms with Crippen molar-refractivity contribution >= 4 is 27.1 Å². The van der Waals surface area contributed by atoms with E-state index in [9.17, 15) is 4.79 Å². The van der Waals surface area contributed by atoms with E-state index >= 15 is 0 Å². The van der Waals surface area contributed by atoms with Gasteiger partial charge in [-0.2, -0.15) is 0 Å². The molecule has 0 saturated carbocycles. The fraction of sp³-hybridized carbons (Fsp3) is 0.500. The Balaban J connectivity index is 0.000000770. The molecule has 0 heterocycles. The van der Waals surface area contributed by atoms with Crippen molar-refractivity contribution in [1.29, 1.82) is 0 Å². The van der Waals surface area contributed by atoms with E-state index in [1.165, 1.54) is 0 Å². The standard InChI is InChI=1S/C12H16O2.2CH3.Sn/c1-2-3-7-10-14-12(13)11-8-5-4-6-9-11;;;/h4-6,8-9H,2-3,7,10H2,1H3;2*1H3;. The second kappa shape index (κ2) is 12.0. The summed E-state index contributed by atoms with van der Waals surface area (Å²) in [6.45, 7) is 2.65. The zero-order valence-corrected chi connectivity index (χ0v) is 13.9. The average Bonchev–Trinajstić information content (AvgIpc) is 2.36. The number of unbranched alkanes of at least 4 members (excludes halogenated alkanes) is 2. The third kappa shape index (κ3) is 9.21. The summed E-state index contributed by atoms with van der Waals surface area (Å²) >= 11 is 0.230. The Morgan fingerprint density at radius 1 is 1.18 bits per heavy atom. The molecule has 0 amide bonds. The van der Waals surface area contributed by atoms with Crippen molar-refractivity contribution in [3.63, 3.8) is 0 Å². The summed E-state index contributed by atoms with van der Waals surface area (Å²) in [5, 5.41) is 0. The van der Waals surface area contributed by atoms with Crippen LogP contribution in [-0.4, -0.2) is 33.7 Å². The SMILES string of the molecule is CCCCCOC(=O)c1ccccc1.[CH3][Sn][CH3]. The van der Waals surface area contributed by atoms with Crippen molar-refractivity contribution in [1.82, 2.24) is 0 Å². The van der Waals surface area contributed by atoms with Gasteiger partial charge in [0.1, 0.15) is 0 Å². The first-order valence-corrected chi connectivity index (χ1v) is 11.8. The summed E-state index contributed by atoms with van der Waals surface area (Å²) in [5.41, 5.74) is 0.629. The Labute approximate surface area is 115 Å². The topological polar surface area (TPSA) is 26.3 Å². The second-order valence-corrected chi connectivity index (χ2v) is 6.56. The Morgan fingerprint density at radius 3 is 2.29 bits per heavy atom. The quantitative estimate of drug-likeness (QED) is 0.462. The van der Waals surface area contributed by atoms with Crippen molar-refractivity contribution in [2.45, 2.75) is 36.1 Å². The number of esters is 1. The number of carbonyl (C=O) groups excluding carboxylic acids is 1. The third-order valence-corrected chi connectivity index (χ3v) is 1.99. The van der Waals surface area contributed by atoms with Crippen molar-refractivity contribution in [3.05, 3.63) is 35.9 Å². The van der Waals surface area contributed by atoms with Crippen LogP contribution in [0.5, 0.6) is 0 Å². The van der Waals surface area contributed by atoms with Crippen LogP contribution in [0, 0.1) is 0 Å². The number of hydrogen-bond acceptors (Lipinski definition) is 2. The molecule has 0 aromatic heterocycles. The molecule has 0 bridgehead atoms. The van der Waals surface area contributed by atoms with Gasteiger partial charge in [0.25, 0.3) is 0 Å². The maximum atomic E-state index is 11.4. The molecule has 1 aromatic rings. The Morgan fingerprint density at radius 2 is 1.76 bits per heavy atom. The van der Waals surface area contributed by atoms with E-state index in [-0.39, 0.29) is 27.1 Å². The minimum atomic E-state index is -0.221. The molecular weight excluding hydrogens is 319 g/mol. The van der Waals surface area contributed by atoms with Crippen LogP contribution < -0.4 is 0 Å². The average molecular weight is 341 g/mol. The fourth-order valence-electron chi connectivity index (χ4n) is 1.17. The van der Waals surface area contributed by atoms with E-state index < -0.39 is 0 Å². The Kier molecular flexibility index (Phi) is 11.6. The summed E-state index contributed by atoms with van der Waals surface area (Å²) in [7, 11) is 0. The number of rotatable bonds is 5. The molecule has 1 aromatic carbocycles. The van der Waals surface area contributed by atoms with Crippen LogP contribution >= 0.6 is 0 Å². The first kappa shape index (κ1) is 16.5. The van der Waals surface area contributed by atoms with Crippen molar-refractivity contribution < 1.29 is 9.53 Å². The molecule has 0 aliphatic carbocycles. The summed E-state index contributed by atoms with van der Waals surface area (Å²) in [5.74, 6) is -0.221. The first-order chi connectivity index (χ1) is 8.26. The molecule has 0 spiro atoms. The summed E-state index contributed by atoms with van der Waals surface area (Å²) in [6, 6.07) is 9.09. The fourth-order valence-corrected chi connectivity index (χ4v) is 1.17. The minimum absolute atomic E-state index is 0.221. The Bertz CT molecular complexity index is 286. The molecule has 0 unspecified atom stereocenters. The monoisotopic (exact) mass is 342 g/mol. The molecule has 0 fully saturated rings. The van der Waals surface area contributed by atoms with Gasteiger partial charge < -0.3 is 4.74 Å². The van der Waals surface area contributed by atoms with E-state index in [2.05, 4.69) is 16.8 Å². The molecule has 3 heteroatoms. The van der Waals surface area contributed by atoms with Gasteiger partial charge in [0.15, 0.2) is 0 Å². The van der Waals surface area contributed by atoms with Gasteiger partial charge in [0.2, 0.25) is 0 Å². The number of ether oxygens (including phenoxy) is 1. The second-order valence-electron chi connectivity index (χ2n) is 3.71. The van der Waals surface area contributed by atoms with Gasteiger partial charge in [0.05, 0.1) is 12.2 Å². The molecule has 0 atom stereocenters. The molecule has 17 heavy (non-hydrogen) atoms. The zero-order chi connectivity index (χ0) is 12.9. The van der Waals surface area contributed by atoms with Crippen molar-refractivity contribution in [2.75, 3.05) is 6.61 Å². The van der Waals surface area contributed by atoms with Crippen LogP contribution in [0.25, 0.3) is 0 Å². The molecule has 94 valence electrons. The molecule has 0 saturated heterocycles. The van der Waals surface area contributed by atoms with Crippen LogP contribution in [0.3, 0.4) is 0 Å². The third-order valence-electron chi connectivity index (χ3n) is 1.99.